The summed E-state index contributed by atoms with van der Waals surface area (Å²) in [7, 11) is 0. The Morgan fingerprint density at radius 2 is 2.13 bits per heavy atom. The zero-order valence-electron chi connectivity index (χ0n) is 13.6. The number of aromatic nitrogens is 2. The van der Waals surface area contributed by atoms with Gasteiger partial charge >= 0.3 is 5.97 Å². The number of hydrogen-bond acceptors (Lipinski definition) is 6. The van der Waals surface area contributed by atoms with Gasteiger partial charge in [-0.1, -0.05) is 0 Å². The second kappa shape index (κ2) is 6.41. The monoisotopic (exact) mass is 335 g/mol. The van der Waals surface area contributed by atoms with Crippen molar-refractivity contribution in [3.63, 3.8) is 0 Å². The third kappa shape index (κ3) is 2.90. The maximum atomic E-state index is 12.5. The molecule has 0 bridgehead atoms. The summed E-state index contributed by atoms with van der Waals surface area (Å²) in [5, 5.41) is 0.496. The van der Waals surface area contributed by atoms with E-state index in [1.165, 1.54) is 24.2 Å². The molecule has 3 heterocycles. The van der Waals surface area contributed by atoms with Gasteiger partial charge in [0.05, 0.1) is 18.0 Å². The Morgan fingerprint density at radius 3 is 2.78 bits per heavy atom. The van der Waals surface area contributed by atoms with Gasteiger partial charge < -0.3 is 9.72 Å². The van der Waals surface area contributed by atoms with Crippen molar-refractivity contribution < 1.29 is 9.53 Å². The molecule has 1 fully saturated rings. The van der Waals surface area contributed by atoms with E-state index >= 15 is 0 Å². The number of carbonyl (C=O) groups excluding carboxylic acids is 1. The maximum absolute atomic E-state index is 12.5. The molecule has 1 N–H and O–H groups in total. The third-order valence-corrected chi connectivity index (χ3v) is 5.53. The van der Waals surface area contributed by atoms with E-state index in [4.69, 9.17) is 4.74 Å². The van der Waals surface area contributed by atoms with E-state index in [9.17, 15) is 9.59 Å². The van der Waals surface area contributed by atoms with Crippen molar-refractivity contribution in [2.24, 2.45) is 0 Å². The molecule has 0 aliphatic carbocycles. The van der Waals surface area contributed by atoms with Gasteiger partial charge in [-0.15, -0.1) is 11.3 Å². The van der Waals surface area contributed by atoms with E-state index in [0.717, 1.165) is 13.1 Å². The highest BCUT2D eigenvalue weighted by molar-refractivity contribution is 7.20. The molecule has 6 nitrogen and oxygen atoms in total. The second-order valence-electron chi connectivity index (χ2n) is 5.83. The van der Waals surface area contributed by atoms with Gasteiger partial charge in [0.25, 0.3) is 5.56 Å². The van der Waals surface area contributed by atoms with E-state index in [0.29, 0.717) is 33.1 Å². The van der Waals surface area contributed by atoms with Crippen LogP contribution in [-0.4, -0.2) is 40.5 Å². The lowest BCUT2D eigenvalue weighted by Gasteiger charge is -2.22. The van der Waals surface area contributed by atoms with Gasteiger partial charge in [0.15, 0.2) is 0 Å². The van der Waals surface area contributed by atoms with Gasteiger partial charge in [-0.25, -0.2) is 9.78 Å². The van der Waals surface area contributed by atoms with E-state index in [1.807, 2.05) is 0 Å². The number of aromatic amines is 1. The summed E-state index contributed by atoms with van der Waals surface area (Å²) in [5.74, 6) is 0.280. The van der Waals surface area contributed by atoms with E-state index in [1.54, 1.807) is 13.8 Å². The molecule has 0 aromatic carbocycles. The average Bonchev–Trinajstić information content (AvgIpc) is 3.15. The molecule has 2 aromatic heterocycles. The van der Waals surface area contributed by atoms with Gasteiger partial charge in [-0.2, -0.15) is 0 Å². The number of nitrogens with zero attached hydrogens (tertiary/aromatic N) is 2. The number of aryl methyl sites for hydroxylation is 1. The highest BCUT2D eigenvalue weighted by Crippen LogP contribution is 2.29. The average molecular weight is 335 g/mol. The third-order valence-electron chi connectivity index (χ3n) is 4.36. The molecule has 0 amide bonds. The molecule has 1 aliphatic heterocycles. The van der Waals surface area contributed by atoms with Gasteiger partial charge in [-0.05, 0) is 52.3 Å². The number of carbonyl (C=O) groups is 1. The summed E-state index contributed by atoms with van der Waals surface area (Å²) < 4.78 is 5.06. The lowest BCUT2D eigenvalue weighted by Crippen LogP contribution is -2.26. The fraction of sp³-hybridized carbons (Fsp3) is 0.562. The number of ether oxygens (including phenoxy) is 1. The summed E-state index contributed by atoms with van der Waals surface area (Å²) >= 11 is 1.24. The summed E-state index contributed by atoms with van der Waals surface area (Å²) in [6.45, 7) is 7.96. The molecule has 124 valence electrons. The van der Waals surface area contributed by atoms with Crippen molar-refractivity contribution in [1.29, 1.82) is 0 Å². The van der Waals surface area contributed by atoms with Crippen molar-refractivity contribution in [2.75, 3.05) is 19.7 Å². The number of rotatable bonds is 4. The molecule has 1 saturated heterocycles. The van der Waals surface area contributed by atoms with Crippen molar-refractivity contribution in [2.45, 2.75) is 39.7 Å². The van der Waals surface area contributed by atoms with Gasteiger partial charge in [0, 0.05) is 0 Å². The van der Waals surface area contributed by atoms with Crippen molar-refractivity contribution in [3.05, 3.63) is 26.6 Å². The van der Waals surface area contributed by atoms with E-state index in [2.05, 4.69) is 21.8 Å². The van der Waals surface area contributed by atoms with Crippen LogP contribution in [0, 0.1) is 6.92 Å². The largest absolute Gasteiger partial charge is 0.462 e. The molecule has 0 radical (unpaired) electrons. The van der Waals surface area contributed by atoms with Crippen LogP contribution in [0.5, 0.6) is 0 Å². The Bertz CT molecular complexity index is 790. The highest BCUT2D eigenvalue weighted by atomic mass is 32.1. The zero-order valence-corrected chi connectivity index (χ0v) is 14.5. The normalized spacial score (nSPS) is 16.8. The molecule has 2 aromatic rings. The number of thiophene rings is 1. The van der Waals surface area contributed by atoms with Crippen LogP contribution in [-0.2, 0) is 4.74 Å². The van der Waals surface area contributed by atoms with Crippen LogP contribution in [0.15, 0.2) is 4.79 Å². The quantitative estimate of drug-likeness (QED) is 0.869. The number of fused-ring (bicyclic) bond motifs is 1. The van der Waals surface area contributed by atoms with Gasteiger partial charge in [0.1, 0.15) is 15.5 Å². The smallest absolute Gasteiger partial charge is 0.348 e. The Hall–Kier alpha value is -1.73. The van der Waals surface area contributed by atoms with Gasteiger partial charge in [-0.3, -0.25) is 9.69 Å². The second-order valence-corrected chi connectivity index (χ2v) is 6.83. The Kier molecular flexibility index (Phi) is 4.50. The topological polar surface area (TPSA) is 75.3 Å². The van der Waals surface area contributed by atoms with E-state index in [-0.39, 0.29) is 17.6 Å². The predicted octanol–water partition coefficient (Wildman–Crippen LogP) is 2.63. The van der Waals surface area contributed by atoms with Crippen LogP contribution in [0.3, 0.4) is 0 Å². The summed E-state index contributed by atoms with van der Waals surface area (Å²) in [6.07, 6.45) is 2.36. The molecular formula is C16H21N3O3S. The van der Waals surface area contributed by atoms with E-state index < -0.39 is 0 Å². The fourth-order valence-corrected chi connectivity index (χ4v) is 4.13. The molecule has 0 unspecified atom stereocenters. The summed E-state index contributed by atoms with van der Waals surface area (Å²) in [5.41, 5.74) is 0.470. The molecule has 0 spiro atoms. The number of nitrogens with one attached hydrogen (secondary N) is 1. The Morgan fingerprint density at radius 1 is 1.43 bits per heavy atom. The minimum atomic E-state index is -0.387. The first kappa shape index (κ1) is 16.1. The fourth-order valence-electron chi connectivity index (χ4n) is 3.05. The van der Waals surface area contributed by atoms with Crippen LogP contribution < -0.4 is 5.56 Å². The molecular weight excluding hydrogens is 314 g/mol. The van der Waals surface area contributed by atoms with Crippen LogP contribution in [0.1, 0.15) is 53.8 Å². The molecule has 0 saturated carbocycles. The molecule has 1 atom stereocenters. The van der Waals surface area contributed by atoms with Crippen molar-refractivity contribution in [1.82, 2.24) is 14.9 Å². The Labute approximate surface area is 138 Å². The maximum Gasteiger partial charge on any atom is 0.348 e. The van der Waals surface area contributed by atoms with Crippen LogP contribution >= 0.6 is 11.3 Å². The van der Waals surface area contributed by atoms with Crippen molar-refractivity contribution >= 4 is 27.5 Å². The minimum Gasteiger partial charge on any atom is -0.462 e. The number of esters is 1. The molecule has 23 heavy (non-hydrogen) atoms. The highest BCUT2D eigenvalue weighted by Gasteiger charge is 2.24. The first-order valence-corrected chi connectivity index (χ1v) is 8.79. The number of likely N-dealkylation sites (tertiary alicyclic amines) is 1. The van der Waals surface area contributed by atoms with Crippen molar-refractivity contribution in [3.8, 4) is 0 Å². The SMILES string of the molecule is CCOC(=O)c1sc2nc([C@H](C)N3CCCC3)[nH]c(=O)c2c1C. The standard InChI is InChI=1S/C16H21N3O3S/c1-4-22-16(21)12-9(2)11-14(20)17-13(18-15(11)23-12)10(3)19-7-5-6-8-19/h10H,4-8H2,1-3H3,(H,17,18,20)/t10-/m0/s1. The number of hydrogen-bond donors (Lipinski definition) is 1. The predicted molar refractivity (Wildman–Crippen MR) is 90.2 cm³/mol. The van der Waals surface area contributed by atoms with Gasteiger partial charge in [0.2, 0.25) is 0 Å². The van der Waals surface area contributed by atoms with Crippen LogP contribution in [0.4, 0.5) is 0 Å². The minimum absolute atomic E-state index is 0.0723. The first-order chi connectivity index (χ1) is 11.0. The lowest BCUT2D eigenvalue weighted by molar-refractivity contribution is 0.0531. The summed E-state index contributed by atoms with van der Waals surface area (Å²) in [4.78, 5) is 35.4. The molecule has 3 rings (SSSR count). The van der Waals surface area contributed by atoms with Crippen LogP contribution in [0.2, 0.25) is 0 Å². The summed E-state index contributed by atoms with van der Waals surface area (Å²) in [6, 6.07) is 0.0723. The lowest BCUT2D eigenvalue weighted by atomic mass is 10.2. The number of H-pyrrole nitrogens is 1. The first-order valence-electron chi connectivity index (χ1n) is 7.97. The zero-order chi connectivity index (χ0) is 16.6. The molecule has 7 heteroatoms. The molecule has 1 aliphatic rings. The van der Waals surface area contributed by atoms with Crippen LogP contribution in [0.25, 0.3) is 10.2 Å². The Balaban J connectivity index is 2.04.